The molecule has 0 rings (SSSR count). The Bertz CT molecular complexity index is 323. The fourth-order valence-corrected chi connectivity index (χ4v) is 4.47. The molecule has 1 atom stereocenters. The number of hydrogen-bond acceptors (Lipinski definition) is 1. The van der Waals surface area contributed by atoms with Crippen molar-refractivity contribution in [2.75, 3.05) is 34.3 Å². The summed E-state index contributed by atoms with van der Waals surface area (Å²) < 4.78 is 6.93. The Kier molecular flexibility index (Phi) is 22.1. The van der Waals surface area contributed by atoms with Crippen LogP contribution < -0.4 is 0 Å². The molecule has 0 aromatic carbocycles. The number of hydrogen-bond donors (Lipinski definition) is 0. The van der Waals surface area contributed by atoms with E-state index in [0.717, 1.165) is 17.6 Å². The van der Waals surface area contributed by atoms with Crippen LogP contribution in [0.4, 0.5) is 0 Å². The van der Waals surface area contributed by atoms with E-state index < -0.39 is 0 Å². The van der Waals surface area contributed by atoms with E-state index in [4.69, 9.17) is 4.74 Å². The standard InChI is InChI=1S/C28H60NO/c1-6-7-8-9-10-11-12-13-14-15-16-17-18-19-20-21-22-23-24-25-26-30-28(2)27-29(3,4)5/h28H,6-27H2,1-5H3/q+1. The second-order valence-corrected chi connectivity index (χ2v) is 10.9. The van der Waals surface area contributed by atoms with E-state index >= 15 is 0 Å². The maximum atomic E-state index is 5.94. The molecule has 30 heavy (non-hydrogen) atoms. The number of nitrogens with zero attached hydrogens (tertiary/aromatic N) is 1. The van der Waals surface area contributed by atoms with Gasteiger partial charge in [0.2, 0.25) is 0 Å². The van der Waals surface area contributed by atoms with Gasteiger partial charge in [-0.2, -0.15) is 0 Å². The molecule has 0 N–H and O–H groups in total. The normalized spacial score (nSPS) is 13.1. The molecular formula is C28H60NO+. The van der Waals surface area contributed by atoms with Crippen LogP contribution in [0.5, 0.6) is 0 Å². The summed E-state index contributed by atoms with van der Waals surface area (Å²) in [6, 6.07) is 0. The zero-order chi connectivity index (χ0) is 22.3. The first-order chi connectivity index (χ1) is 14.5. The Hall–Kier alpha value is -0.0800. The van der Waals surface area contributed by atoms with Crippen molar-refractivity contribution in [1.82, 2.24) is 0 Å². The van der Waals surface area contributed by atoms with Crippen LogP contribution in [0.15, 0.2) is 0 Å². The molecule has 2 heteroatoms. The minimum Gasteiger partial charge on any atom is -0.373 e. The van der Waals surface area contributed by atoms with E-state index in [9.17, 15) is 0 Å². The van der Waals surface area contributed by atoms with Crippen molar-refractivity contribution in [2.45, 2.75) is 148 Å². The number of quaternary nitrogens is 1. The van der Waals surface area contributed by atoms with Gasteiger partial charge in [0.1, 0.15) is 12.6 Å². The summed E-state index contributed by atoms with van der Waals surface area (Å²) in [5.74, 6) is 0. The van der Waals surface area contributed by atoms with Crippen LogP contribution >= 0.6 is 0 Å². The highest BCUT2D eigenvalue weighted by Gasteiger charge is 2.13. The summed E-state index contributed by atoms with van der Waals surface area (Å²) in [5.41, 5.74) is 0. The molecule has 0 aliphatic rings. The van der Waals surface area contributed by atoms with Crippen molar-refractivity contribution < 1.29 is 9.22 Å². The average molecular weight is 427 g/mol. The lowest BCUT2D eigenvalue weighted by Crippen LogP contribution is -2.41. The molecule has 1 unspecified atom stereocenters. The number of likely N-dealkylation sites (N-methyl/N-ethyl adjacent to an activating group) is 1. The average Bonchev–Trinajstić information content (AvgIpc) is 2.68. The zero-order valence-corrected chi connectivity index (χ0v) is 22.0. The molecule has 0 heterocycles. The Labute approximate surface area is 192 Å². The van der Waals surface area contributed by atoms with Crippen molar-refractivity contribution in [3.63, 3.8) is 0 Å². The maximum Gasteiger partial charge on any atom is 0.104 e. The topological polar surface area (TPSA) is 9.23 Å². The van der Waals surface area contributed by atoms with E-state index in [0.29, 0.717) is 6.10 Å². The first-order valence-electron chi connectivity index (χ1n) is 13.9. The van der Waals surface area contributed by atoms with Gasteiger partial charge in [0.15, 0.2) is 0 Å². The Morgan fingerprint density at radius 1 is 0.500 bits per heavy atom. The van der Waals surface area contributed by atoms with Crippen LogP contribution in [0, 0.1) is 0 Å². The van der Waals surface area contributed by atoms with E-state index in [-0.39, 0.29) is 0 Å². The lowest BCUT2D eigenvalue weighted by molar-refractivity contribution is -0.873. The van der Waals surface area contributed by atoms with Crippen LogP contribution in [0.3, 0.4) is 0 Å². The minimum atomic E-state index is 0.380. The van der Waals surface area contributed by atoms with Gasteiger partial charge < -0.3 is 9.22 Å². The van der Waals surface area contributed by atoms with Gasteiger partial charge in [0.25, 0.3) is 0 Å². The van der Waals surface area contributed by atoms with E-state index in [2.05, 4.69) is 35.0 Å². The molecule has 0 aromatic rings. The molecule has 0 aliphatic carbocycles. The summed E-state index contributed by atoms with van der Waals surface area (Å²) in [6.45, 7) is 6.55. The maximum absolute atomic E-state index is 5.94. The lowest BCUT2D eigenvalue weighted by Gasteiger charge is -2.27. The largest absolute Gasteiger partial charge is 0.373 e. The second-order valence-electron chi connectivity index (χ2n) is 10.9. The van der Waals surface area contributed by atoms with Gasteiger partial charge in [-0.25, -0.2) is 0 Å². The molecule has 0 spiro atoms. The van der Waals surface area contributed by atoms with E-state index in [1.54, 1.807) is 0 Å². The summed E-state index contributed by atoms with van der Waals surface area (Å²) >= 11 is 0. The molecule has 0 saturated heterocycles. The predicted octanol–water partition coefficient (Wildman–Crippen LogP) is 8.92. The van der Waals surface area contributed by atoms with Gasteiger partial charge in [0, 0.05) is 6.61 Å². The van der Waals surface area contributed by atoms with Crippen LogP contribution in [-0.4, -0.2) is 44.9 Å². The monoisotopic (exact) mass is 426 g/mol. The molecule has 0 aromatic heterocycles. The highest BCUT2D eigenvalue weighted by Crippen LogP contribution is 2.15. The molecular weight excluding hydrogens is 366 g/mol. The third kappa shape index (κ3) is 26.0. The lowest BCUT2D eigenvalue weighted by atomic mass is 10.0. The van der Waals surface area contributed by atoms with E-state index in [1.165, 1.54) is 128 Å². The van der Waals surface area contributed by atoms with Crippen molar-refractivity contribution in [1.29, 1.82) is 0 Å². The smallest absolute Gasteiger partial charge is 0.104 e. The summed E-state index contributed by atoms with van der Waals surface area (Å²) in [6.07, 6.45) is 29.2. The highest BCUT2D eigenvalue weighted by atomic mass is 16.5. The summed E-state index contributed by atoms with van der Waals surface area (Å²) in [5, 5.41) is 0. The minimum absolute atomic E-state index is 0.380. The Morgan fingerprint density at radius 3 is 1.10 bits per heavy atom. The Morgan fingerprint density at radius 2 is 0.800 bits per heavy atom. The predicted molar refractivity (Wildman–Crippen MR) is 136 cm³/mol. The zero-order valence-electron chi connectivity index (χ0n) is 22.0. The number of rotatable bonds is 24. The number of unbranched alkanes of at least 4 members (excludes halogenated alkanes) is 19. The quantitative estimate of drug-likeness (QED) is 0.110. The van der Waals surface area contributed by atoms with Crippen LogP contribution in [0.2, 0.25) is 0 Å². The van der Waals surface area contributed by atoms with Crippen molar-refractivity contribution in [3.05, 3.63) is 0 Å². The summed E-state index contributed by atoms with van der Waals surface area (Å²) in [4.78, 5) is 0. The third-order valence-corrected chi connectivity index (χ3v) is 6.21. The first-order valence-corrected chi connectivity index (χ1v) is 13.9. The van der Waals surface area contributed by atoms with Gasteiger partial charge in [-0.05, 0) is 13.3 Å². The molecule has 0 amide bonds. The Balaban J connectivity index is 3.10. The van der Waals surface area contributed by atoms with Crippen LogP contribution in [0.25, 0.3) is 0 Å². The fraction of sp³-hybridized carbons (Fsp3) is 1.00. The highest BCUT2D eigenvalue weighted by molar-refractivity contribution is 4.52. The molecule has 0 aliphatic heterocycles. The van der Waals surface area contributed by atoms with Gasteiger partial charge in [-0.1, -0.05) is 129 Å². The molecule has 2 nitrogen and oxygen atoms in total. The molecule has 0 saturated carbocycles. The third-order valence-electron chi connectivity index (χ3n) is 6.21. The summed E-state index contributed by atoms with van der Waals surface area (Å²) in [7, 11) is 6.70. The fourth-order valence-electron chi connectivity index (χ4n) is 4.47. The van der Waals surface area contributed by atoms with Crippen molar-refractivity contribution in [3.8, 4) is 0 Å². The van der Waals surface area contributed by atoms with Crippen LogP contribution in [-0.2, 0) is 4.74 Å². The van der Waals surface area contributed by atoms with Crippen LogP contribution in [0.1, 0.15) is 142 Å². The van der Waals surface area contributed by atoms with Gasteiger partial charge >= 0.3 is 0 Å². The van der Waals surface area contributed by atoms with Gasteiger partial charge in [0.05, 0.1) is 21.1 Å². The SMILES string of the molecule is CCCCCCCCCCCCCCCCCCCCCCOC(C)C[N+](C)(C)C. The van der Waals surface area contributed by atoms with E-state index in [1.807, 2.05) is 0 Å². The van der Waals surface area contributed by atoms with Gasteiger partial charge in [-0.15, -0.1) is 0 Å². The van der Waals surface area contributed by atoms with Crippen molar-refractivity contribution >= 4 is 0 Å². The molecule has 0 radical (unpaired) electrons. The molecule has 182 valence electrons. The first kappa shape index (κ1) is 29.9. The molecule has 0 bridgehead atoms. The van der Waals surface area contributed by atoms with Gasteiger partial charge in [-0.3, -0.25) is 0 Å². The second kappa shape index (κ2) is 22.1. The molecule has 0 fully saturated rings. The van der Waals surface area contributed by atoms with Crippen molar-refractivity contribution in [2.24, 2.45) is 0 Å². The number of ether oxygens (including phenoxy) is 1.